The highest BCUT2D eigenvalue weighted by Gasteiger charge is 2.29. The predicted octanol–water partition coefficient (Wildman–Crippen LogP) is 4.48. The minimum absolute atomic E-state index is 0.0692. The zero-order valence-electron chi connectivity index (χ0n) is 19.2. The molecule has 1 saturated carbocycles. The molecule has 1 aromatic heterocycles. The number of anilines is 1. The summed E-state index contributed by atoms with van der Waals surface area (Å²) in [7, 11) is 0. The molecule has 6 nitrogen and oxygen atoms in total. The molecule has 1 aromatic carbocycles. The van der Waals surface area contributed by atoms with Crippen LogP contribution in [0.15, 0.2) is 30.3 Å². The maximum Gasteiger partial charge on any atom is 0.239 e. The van der Waals surface area contributed by atoms with Crippen LogP contribution in [0.4, 0.5) is 5.82 Å². The van der Waals surface area contributed by atoms with Crippen LogP contribution >= 0.6 is 0 Å². The van der Waals surface area contributed by atoms with Crippen molar-refractivity contribution in [2.24, 2.45) is 5.92 Å². The fourth-order valence-electron chi connectivity index (χ4n) is 5.43. The van der Waals surface area contributed by atoms with Gasteiger partial charge in [-0.15, -0.1) is 0 Å². The fraction of sp³-hybridized carbons (Fsp3) is 0.538. The Bertz CT molecular complexity index is 977. The molecule has 4 rings (SSSR count). The summed E-state index contributed by atoms with van der Waals surface area (Å²) in [6.45, 7) is 5.90. The Labute approximate surface area is 190 Å². The summed E-state index contributed by atoms with van der Waals surface area (Å²) in [6.07, 6.45) is 5.86. The summed E-state index contributed by atoms with van der Waals surface area (Å²) in [4.78, 5) is 15.1. The number of aliphatic hydroxyl groups excluding tert-OH is 1. The molecule has 2 fully saturated rings. The fourth-order valence-corrected chi connectivity index (χ4v) is 5.43. The van der Waals surface area contributed by atoms with Crippen LogP contribution in [0.1, 0.15) is 73.1 Å². The van der Waals surface area contributed by atoms with E-state index in [1.54, 1.807) is 0 Å². The van der Waals surface area contributed by atoms with Gasteiger partial charge >= 0.3 is 0 Å². The smallest absolute Gasteiger partial charge is 0.239 e. The quantitative estimate of drug-likeness (QED) is 0.703. The molecule has 1 amide bonds. The summed E-state index contributed by atoms with van der Waals surface area (Å²) in [5.41, 5.74) is 3.60. The molecular weight excluding hydrogens is 400 g/mol. The Balaban J connectivity index is 1.38. The number of carbonyl (C=O) groups excluding carboxylic acids is 1. The Kier molecular flexibility index (Phi) is 6.98. The number of aliphatic hydroxyl groups is 1. The van der Waals surface area contributed by atoms with E-state index in [1.807, 2.05) is 44.2 Å². The number of nitrogens with zero attached hydrogens (tertiary/aromatic N) is 3. The topological polar surface area (TPSA) is 81.3 Å². The predicted molar refractivity (Wildman–Crippen MR) is 125 cm³/mol. The van der Waals surface area contributed by atoms with Gasteiger partial charge in [-0.2, -0.15) is 5.26 Å². The summed E-state index contributed by atoms with van der Waals surface area (Å²) in [5.74, 6) is 0.820. The van der Waals surface area contributed by atoms with E-state index in [2.05, 4.69) is 20.9 Å². The summed E-state index contributed by atoms with van der Waals surface area (Å²) < 4.78 is 2.20. The van der Waals surface area contributed by atoms with E-state index >= 15 is 0 Å². The van der Waals surface area contributed by atoms with Crippen LogP contribution in [0.2, 0.25) is 0 Å². The van der Waals surface area contributed by atoms with Crippen LogP contribution in [0, 0.1) is 31.1 Å². The van der Waals surface area contributed by atoms with Gasteiger partial charge in [0.25, 0.3) is 0 Å². The first-order valence-electron chi connectivity index (χ1n) is 11.9. The number of nitriles is 1. The Hall–Kier alpha value is -2.62. The van der Waals surface area contributed by atoms with Crippen molar-refractivity contribution in [2.75, 3.05) is 25.0 Å². The molecular formula is C26H34N4O2. The van der Waals surface area contributed by atoms with Crippen LogP contribution in [0.5, 0.6) is 0 Å². The van der Waals surface area contributed by atoms with Crippen LogP contribution < -0.4 is 5.32 Å². The molecule has 1 atom stereocenters. The molecule has 1 aliphatic heterocycles. The van der Waals surface area contributed by atoms with E-state index in [9.17, 15) is 15.2 Å². The first-order chi connectivity index (χ1) is 15.5. The molecule has 32 heavy (non-hydrogen) atoms. The molecule has 2 aromatic rings. The van der Waals surface area contributed by atoms with Crippen LogP contribution in [0.3, 0.4) is 0 Å². The van der Waals surface area contributed by atoms with Gasteiger partial charge < -0.3 is 15.0 Å². The van der Waals surface area contributed by atoms with Gasteiger partial charge in [0.15, 0.2) is 0 Å². The van der Waals surface area contributed by atoms with Crippen molar-refractivity contribution in [3.05, 3.63) is 52.7 Å². The molecule has 1 saturated heterocycles. The summed E-state index contributed by atoms with van der Waals surface area (Å²) >= 11 is 0. The zero-order chi connectivity index (χ0) is 22.7. The summed E-state index contributed by atoms with van der Waals surface area (Å²) in [5, 5.41) is 23.5. The van der Waals surface area contributed by atoms with Gasteiger partial charge in [-0.25, -0.2) is 0 Å². The van der Waals surface area contributed by atoms with Gasteiger partial charge in [-0.1, -0.05) is 43.2 Å². The van der Waals surface area contributed by atoms with Gasteiger partial charge in [0.2, 0.25) is 5.91 Å². The van der Waals surface area contributed by atoms with Crippen molar-refractivity contribution >= 4 is 11.7 Å². The van der Waals surface area contributed by atoms with Crippen LogP contribution in [-0.4, -0.2) is 40.1 Å². The number of aromatic nitrogens is 1. The molecule has 2 aliphatic rings. The van der Waals surface area contributed by atoms with E-state index in [0.717, 1.165) is 55.6 Å². The molecule has 2 heterocycles. The van der Waals surface area contributed by atoms with Crippen molar-refractivity contribution in [1.82, 2.24) is 9.47 Å². The van der Waals surface area contributed by atoms with E-state index in [0.29, 0.717) is 24.0 Å². The third-order valence-corrected chi connectivity index (χ3v) is 7.40. The molecule has 6 heteroatoms. The Morgan fingerprint density at radius 2 is 1.81 bits per heavy atom. The second kappa shape index (κ2) is 9.89. The molecule has 0 radical (unpaired) electrons. The largest absolute Gasteiger partial charge is 0.388 e. The first-order valence-corrected chi connectivity index (χ1v) is 11.9. The lowest BCUT2D eigenvalue weighted by Crippen LogP contribution is -2.40. The number of carbonyl (C=O) groups is 1. The summed E-state index contributed by atoms with van der Waals surface area (Å²) in [6, 6.07) is 12.5. The van der Waals surface area contributed by atoms with Gasteiger partial charge in [-0.3, -0.25) is 9.69 Å². The number of amides is 1. The lowest BCUT2D eigenvalue weighted by Gasteiger charge is -2.34. The average Bonchev–Trinajstić information content (AvgIpc) is 3.41. The third-order valence-electron chi connectivity index (χ3n) is 7.40. The minimum Gasteiger partial charge on any atom is -0.388 e. The molecule has 0 unspecified atom stereocenters. The number of piperidine rings is 1. The molecule has 1 aliphatic carbocycles. The Morgan fingerprint density at radius 3 is 2.44 bits per heavy atom. The average molecular weight is 435 g/mol. The molecule has 0 spiro atoms. The van der Waals surface area contributed by atoms with Gasteiger partial charge in [-0.05, 0) is 69.7 Å². The maximum absolute atomic E-state index is 12.9. The zero-order valence-corrected chi connectivity index (χ0v) is 19.2. The van der Waals surface area contributed by atoms with Crippen molar-refractivity contribution < 1.29 is 9.90 Å². The van der Waals surface area contributed by atoms with Crippen molar-refractivity contribution in [2.45, 2.75) is 64.5 Å². The van der Waals surface area contributed by atoms with Crippen molar-refractivity contribution in [3.8, 4) is 6.07 Å². The number of nitrogens with one attached hydrogen (secondary N) is 1. The van der Waals surface area contributed by atoms with Gasteiger partial charge in [0.05, 0.1) is 18.2 Å². The second-order valence-electron chi connectivity index (χ2n) is 9.37. The van der Waals surface area contributed by atoms with Gasteiger partial charge in [0, 0.05) is 11.7 Å². The van der Waals surface area contributed by atoms with Crippen molar-refractivity contribution in [1.29, 1.82) is 5.26 Å². The van der Waals surface area contributed by atoms with Crippen molar-refractivity contribution in [3.63, 3.8) is 0 Å². The normalized spacial score (nSPS) is 19.1. The lowest BCUT2D eigenvalue weighted by atomic mass is 9.87. The highest BCUT2D eigenvalue weighted by atomic mass is 16.3. The first kappa shape index (κ1) is 22.6. The Morgan fingerprint density at radius 1 is 1.16 bits per heavy atom. The van der Waals surface area contributed by atoms with E-state index < -0.39 is 6.10 Å². The molecule has 170 valence electrons. The third kappa shape index (κ3) is 4.60. The van der Waals surface area contributed by atoms with E-state index in [4.69, 9.17) is 0 Å². The van der Waals surface area contributed by atoms with Crippen LogP contribution in [0.25, 0.3) is 0 Å². The molecule has 0 bridgehead atoms. The monoisotopic (exact) mass is 434 g/mol. The number of benzene rings is 1. The maximum atomic E-state index is 12.9. The van der Waals surface area contributed by atoms with Gasteiger partial charge in [0.1, 0.15) is 11.9 Å². The highest BCUT2D eigenvalue weighted by molar-refractivity contribution is 5.93. The standard InChI is InChI=1S/C26H34N4O2/c1-18-19(2)30(22-10-6-7-11-22)26(23(18)16-27)28-24(31)17-29-14-12-21(13-15-29)25(32)20-8-4-3-5-9-20/h3-5,8-9,21-22,25,32H,6-7,10-15,17H2,1-2H3,(H,28,31)/t25-/m1/s1. The van der Waals surface area contributed by atoms with E-state index in [-0.39, 0.29) is 11.8 Å². The lowest BCUT2D eigenvalue weighted by molar-refractivity contribution is -0.117. The number of rotatable bonds is 6. The number of hydrogen-bond donors (Lipinski definition) is 2. The highest BCUT2D eigenvalue weighted by Crippen LogP contribution is 2.38. The number of likely N-dealkylation sites (tertiary alicyclic amines) is 1. The van der Waals surface area contributed by atoms with E-state index in [1.165, 1.54) is 12.8 Å². The minimum atomic E-state index is -0.453. The molecule has 2 N–H and O–H groups in total. The second-order valence-corrected chi connectivity index (χ2v) is 9.37. The van der Waals surface area contributed by atoms with Crippen LogP contribution in [-0.2, 0) is 4.79 Å². The SMILES string of the molecule is Cc1c(C#N)c(NC(=O)CN2CCC([C@H](O)c3ccccc3)CC2)n(C2CCCC2)c1C. The number of hydrogen-bond acceptors (Lipinski definition) is 4.